The van der Waals surface area contributed by atoms with E-state index in [2.05, 4.69) is 17.1 Å². The molecule has 1 aromatic carbocycles. The van der Waals surface area contributed by atoms with Crippen LogP contribution in [0.5, 0.6) is 11.5 Å². The van der Waals surface area contributed by atoms with Gasteiger partial charge in [-0.05, 0) is 80.0 Å². The molecule has 5 heteroatoms. The van der Waals surface area contributed by atoms with Crippen LogP contribution in [0.25, 0.3) is 0 Å². The van der Waals surface area contributed by atoms with Gasteiger partial charge in [-0.1, -0.05) is 12.1 Å². The van der Waals surface area contributed by atoms with Gasteiger partial charge in [0.1, 0.15) is 5.75 Å². The number of methoxy groups -OCH3 is 1. The van der Waals surface area contributed by atoms with Crippen LogP contribution in [-0.4, -0.2) is 13.1 Å². The Hall–Kier alpha value is -2.07. The van der Waals surface area contributed by atoms with Crippen molar-refractivity contribution in [2.45, 2.75) is 51.9 Å². The molecule has 4 fully saturated rings. The highest BCUT2D eigenvalue weighted by Crippen LogP contribution is 2.60. The Morgan fingerprint density at radius 3 is 2.17 bits per heavy atom. The number of carbonyl (C=O) groups excluding carboxylic acids is 1. The first-order valence-electron chi connectivity index (χ1n) is 10.9. The zero-order valence-corrected chi connectivity index (χ0v) is 18.5. The largest absolute Gasteiger partial charge is 1.00 e. The van der Waals surface area contributed by atoms with E-state index in [1.54, 1.807) is 7.11 Å². The van der Waals surface area contributed by atoms with Crippen LogP contribution in [0.2, 0.25) is 0 Å². The number of esters is 1. The molecule has 1 aromatic heterocycles. The molecule has 0 unspecified atom stereocenters. The van der Waals surface area contributed by atoms with Crippen LogP contribution in [0.3, 0.4) is 0 Å². The number of aryl methyl sites for hydroxylation is 1. The third-order valence-electron chi connectivity index (χ3n) is 7.34. The van der Waals surface area contributed by atoms with Crippen LogP contribution in [0.4, 0.5) is 0 Å². The quantitative estimate of drug-likeness (QED) is 0.680. The van der Waals surface area contributed by atoms with Crippen molar-refractivity contribution in [3.63, 3.8) is 0 Å². The Labute approximate surface area is 184 Å². The average Bonchev–Trinajstić information content (AvgIpc) is 2.69. The fourth-order valence-corrected chi connectivity index (χ4v) is 6.39. The fourth-order valence-electron chi connectivity index (χ4n) is 6.39. The number of hydrogen-bond donors (Lipinski definition) is 0. The van der Waals surface area contributed by atoms with Crippen molar-refractivity contribution in [1.82, 2.24) is 0 Å². The highest BCUT2D eigenvalue weighted by Gasteiger charge is 2.55. The van der Waals surface area contributed by atoms with Gasteiger partial charge < -0.3 is 21.9 Å². The maximum atomic E-state index is 13.4. The van der Waals surface area contributed by atoms with Crippen LogP contribution in [0.15, 0.2) is 36.4 Å². The maximum absolute atomic E-state index is 13.4. The Morgan fingerprint density at radius 2 is 1.60 bits per heavy atom. The van der Waals surface area contributed by atoms with E-state index in [1.165, 1.54) is 19.3 Å². The predicted molar refractivity (Wildman–Crippen MR) is 110 cm³/mol. The second kappa shape index (κ2) is 8.22. The van der Waals surface area contributed by atoms with E-state index in [0.717, 1.165) is 59.7 Å². The van der Waals surface area contributed by atoms with Crippen LogP contribution < -0.4 is 26.9 Å². The Kier molecular flexibility index (Phi) is 5.80. The molecule has 4 bridgehead atoms. The molecule has 4 nitrogen and oxygen atoms in total. The minimum atomic E-state index is -0.239. The van der Waals surface area contributed by atoms with Gasteiger partial charge in [0.05, 0.1) is 18.9 Å². The number of aromatic nitrogens is 1. The third-order valence-corrected chi connectivity index (χ3v) is 7.34. The number of ether oxygens (including phenoxy) is 2. The number of benzene rings is 1. The summed E-state index contributed by atoms with van der Waals surface area (Å²) < 4.78 is 11.4. The molecule has 0 spiro atoms. The lowest BCUT2D eigenvalue weighted by Gasteiger charge is -2.55. The lowest BCUT2D eigenvalue weighted by Crippen LogP contribution is -3.00. The van der Waals surface area contributed by atoms with Gasteiger partial charge in [0.2, 0.25) is 5.69 Å². The van der Waals surface area contributed by atoms with E-state index in [-0.39, 0.29) is 23.8 Å². The van der Waals surface area contributed by atoms with Gasteiger partial charge in [-0.3, -0.25) is 4.79 Å². The van der Waals surface area contributed by atoms with E-state index >= 15 is 0 Å². The standard InChI is InChI=1S/C25H29NO3.ClH/c1-16-3-8-23(22(26-16)12-17-4-6-21(28-2)7-5-17)29-24(27)25-13-18-9-19(14-25)11-20(10-18)15-25;/h3-8,18-20H,9-15H2,1-2H3;1H. The van der Waals surface area contributed by atoms with Crippen molar-refractivity contribution < 1.29 is 31.7 Å². The summed E-state index contributed by atoms with van der Waals surface area (Å²) in [5.74, 6) is 3.72. The summed E-state index contributed by atoms with van der Waals surface area (Å²) >= 11 is 0. The minimum absolute atomic E-state index is 0. The number of hydrogen-bond acceptors (Lipinski definition) is 3. The molecule has 1 heterocycles. The molecule has 0 amide bonds. The first kappa shape index (κ1) is 21.2. The van der Waals surface area contributed by atoms with Crippen molar-refractivity contribution in [3.8, 4) is 11.5 Å². The number of H-pyrrole nitrogens is 1. The predicted octanol–water partition coefficient (Wildman–Crippen LogP) is 1.53. The van der Waals surface area contributed by atoms with Gasteiger partial charge in [-0.25, -0.2) is 4.98 Å². The number of rotatable bonds is 5. The molecule has 30 heavy (non-hydrogen) atoms. The minimum Gasteiger partial charge on any atom is -1.00 e. The van der Waals surface area contributed by atoms with Gasteiger partial charge in [0.25, 0.3) is 0 Å². The lowest BCUT2D eigenvalue weighted by molar-refractivity contribution is -0.399. The number of aromatic amines is 1. The van der Waals surface area contributed by atoms with E-state index in [9.17, 15) is 4.79 Å². The summed E-state index contributed by atoms with van der Waals surface area (Å²) in [7, 11) is 1.67. The molecular formula is C25H30ClNO3. The lowest BCUT2D eigenvalue weighted by atomic mass is 9.49. The number of halogens is 1. The molecule has 0 radical (unpaired) electrons. The summed E-state index contributed by atoms with van der Waals surface area (Å²) in [5, 5.41) is 0. The maximum Gasteiger partial charge on any atom is 0.317 e. The number of carbonyl (C=O) groups is 1. The summed E-state index contributed by atoms with van der Waals surface area (Å²) in [4.78, 5) is 16.8. The van der Waals surface area contributed by atoms with Crippen molar-refractivity contribution in [1.29, 1.82) is 0 Å². The Balaban J connectivity index is 0.00000218. The summed E-state index contributed by atoms with van der Waals surface area (Å²) in [6.45, 7) is 2.03. The Bertz CT molecular complexity index is 889. The molecule has 0 saturated heterocycles. The smallest absolute Gasteiger partial charge is 0.317 e. The summed E-state index contributed by atoms with van der Waals surface area (Å²) in [5.41, 5.74) is 2.92. The first-order valence-corrected chi connectivity index (χ1v) is 10.9. The third kappa shape index (κ3) is 3.94. The van der Waals surface area contributed by atoms with E-state index < -0.39 is 0 Å². The van der Waals surface area contributed by atoms with Gasteiger partial charge in [0.15, 0.2) is 11.4 Å². The molecular weight excluding hydrogens is 398 g/mol. The number of nitrogens with one attached hydrogen (secondary N) is 1. The molecule has 0 aliphatic heterocycles. The van der Waals surface area contributed by atoms with Crippen LogP contribution in [0, 0.1) is 30.1 Å². The van der Waals surface area contributed by atoms with Gasteiger partial charge >= 0.3 is 5.97 Å². The fraction of sp³-hybridized carbons (Fsp3) is 0.520. The van der Waals surface area contributed by atoms with E-state index in [0.29, 0.717) is 12.2 Å². The zero-order chi connectivity index (χ0) is 20.0. The van der Waals surface area contributed by atoms with Crippen molar-refractivity contribution >= 4 is 5.97 Å². The van der Waals surface area contributed by atoms with Gasteiger partial charge in [-0.15, -0.1) is 0 Å². The summed E-state index contributed by atoms with van der Waals surface area (Å²) in [6, 6.07) is 12.0. The highest BCUT2D eigenvalue weighted by atomic mass is 35.5. The van der Waals surface area contributed by atoms with Crippen molar-refractivity contribution in [3.05, 3.63) is 53.3 Å². The molecule has 2 aromatic rings. The SMILES string of the molecule is COc1ccc(Cc2[nH+]c(C)ccc2OC(=O)C23CC4CC(CC(C4)C2)C3)cc1.[Cl-]. The Morgan fingerprint density at radius 1 is 1.00 bits per heavy atom. The van der Waals surface area contributed by atoms with Gasteiger partial charge in [-0.2, -0.15) is 0 Å². The number of pyridine rings is 1. The monoisotopic (exact) mass is 427 g/mol. The molecule has 1 N–H and O–H groups in total. The van der Waals surface area contributed by atoms with Gasteiger partial charge in [0, 0.05) is 13.0 Å². The molecule has 6 rings (SSSR count). The van der Waals surface area contributed by atoms with E-state index in [1.807, 2.05) is 31.2 Å². The first-order chi connectivity index (χ1) is 14.0. The normalized spacial score (nSPS) is 28.7. The second-order valence-electron chi connectivity index (χ2n) is 9.60. The second-order valence-corrected chi connectivity index (χ2v) is 9.60. The molecule has 4 aliphatic rings. The van der Waals surface area contributed by atoms with Crippen LogP contribution in [0.1, 0.15) is 55.5 Å². The van der Waals surface area contributed by atoms with Crippen LogP contribution in [-0.2, 0) is 11.2 Å². The zero-order valence-electron chi connectivity index (χ0n) is 17.7. The van der Waals surface area contributed by atoms with Crippen LogP contribution >= 0.6 is 0 Å². The summed E-state index contributed by atoms with van der Waals surface area (Å²) in [6.07, 6.45) is 7.76. The van der Waals surface area contributed by atoms with Crippen molar-refractivity contribution in [2.75, 3.05) is 7.11 Å². The highest BCUT2D eigenvalue weighted by molar-refractivity contribution is 5.80. The topological polar surface area (TPSA) is 49.7 Å². The molecule has 0 atom stereocenters. The van der Waals surface area contributed by atoms with E-state index in [4.69, 9.17) is 9.47 Å². The average molecular weight is 428 g/mol. The van der Waals surface area contributed by atoms with Crippen molar-refractivity contribution in [2.24, 2.45) is 23.2 Å². The molecule has 160 valence electrons. The molecule has 4 aliphatic carbocycles. The molecule has 4 saturated carbocycles.